The first-order valence-corrected chi connectivity index (χ1v) is 8.59. The van der Waals surface area contributed by atoms with Gasteiger partial charge in [0.1, 0.15) is 0 Å². The van der Waals surface area contributed by atoms with E-state index in [0.717, 1.165) is 6.42 Å². The molecule has 0 bridgehead atoms. The van der Waals surface area contributed by atoms with Crippen LogP contribution in [0, 0.1) is 23.7 Å². The standard InChI is InChI=1S/C21H35/c1-8-9-10-15-21(6,7)19(20(3,4)5)16-18-13-11-17(2)12-14-18/h11-14H,8-10,15-16H2,1-7H3. The monoisotopic (exact) mass is 287 g/mol. The molecular formula is C21H35. The van der Waals surface area contributed by atoms with Gasteiger partial charge < -0.3 is 0 Å². The number of rotatable bonds is 7. The SMILES string of the molecule is CCCCCC(C)(C)[C](Cc1ccc(C)cc1)C(C)(C)C. The van der Waals surface area contributed by atoms with E-state index in [2.05, 4.69) is 72.7 Å². The summed E-state index contributed by atoms with van der Waals surface area (Å²) in [4.78, 5) is 0. The van der Waals surface area contributed by atoms with Gasteiger partial charge in [-0.3, -0.25) is 0 Å². The van der Waals surface area contributed by atoms with Crippen molar-refractivity contribution in [1.29, 1.82) is 0 Å². The third-order valence-corrected chi connectivity index (χ3v) is 4.63. The molecule has 1 radical (unpaired) electrons. The van der Waals surface area contributed by atoms with Crippen LogP contribution in [0.5, 0.6) is 0 Å². The van der Waals surface area contributed by atoms with Crippen LogP contribution in [0.1, 0.15) is 78.4 Å². The van der Waals surface area contributed by atoms with E-state index in [1.807, 2.05) is 0 Å². The lowest BCUT2D eigenvalue weighted by Crippen LogP contribution is -2.34. The Hall–Kier alpha value is -0.780. The van der Waals surface area contributed by atoms with Gasteiger partial charge in [-0.15, -0.1) is 0 Å². The van der Waals surface area contributed by atoms with Crippen molar-refractivity contribution in [2.24, 2.45) is 10.8 Å². The van der Waals surface area contributed by atoms with Crippen LogP contribution < -0.4 is 0 Å². The van der Waals surface area contributed by atoms with E-state index in [-0.39, 0.29) is 5.41 Å². The molecule has 0 atom stereocenters. The van der Waals surface area contributed by atoms with Crippen molar-refractivity contribution in [3.8, 4) is 0 Å². The summed E-state index contributed by atoms with van der Waals surface area (Å²) in [6.07, 6.45) is 6.42. The Morgan fingerprint density at radius 2 is 1.48 bits per heavy atom. The number of hydrogen-bond donors (Lipinski definition) is 0. The average Bonchev–Trinajstić information content (AvgIpc) is 2.36. The second-order valence-corrected chi connectivity index (χ2v) is 8.23. The summed E-state index contributed by atoms with van der Waals surface area (Å²) < 4.78 is 0. The van der Waals surface area contributed by atoms with E-state index < -0.39 is 0 Å². The van der Waals surface area contributed by atoms with Gasteiger partial charge in [0.25, 0.3) is 0 Å². The Morgan fingerprint density at radius 3 is 1.95 bits per heavy atom. The number of unbranched alkanes of at least 4 members (excludes halogenated alkanes) is 2. The largest absolute Gasteiger partial charge is 0.0654 e. The van der Waals surface area contributed by atoms with Crippen LogP contribution in [-0.4, -0.2) is 0 Å². The molecule has 0 aromatic heterocycles. The molecule has 0 saturated carbocycles. The Balaban J connectivity index is 2.87. The first-order valence-electron chi connectivity index (χ1n) is 8.59. The lowest BCUT2D eigenvalue weighted by atomic mass is 9.62. The topological polar surface area (TPSA) is 0 Å². The van der Waals surface area contributed by atoms with Crippen LogP contribution in [0.25, 0.3) is 0 Å². The molecule has 1 aromatic rings. The summed E-state index contributed by atoms with van der Waals surface area (Å²) in [5.74, 6) is 1.69. The van der Waals surface area contributed by atoms with Crippen molar-refractivity contribution in [3.05, 3.63) is 41.3 Å². The van der Waals surface area contributed by atoms with Crippen molar-refractivity contribution in [2.75, 3.05) is 0 Å². The zero-order valence-corrected chi connectivity index (χ0v) is 15.3. The number of hydrogen-bond acceptors (Lipinski definition) is 0. The summed E-state index contributed by atoms with van der Waals surface area (Å²) in [5, 5.41) is 0. The first-order chi connectivity index (χ1) is 9.66. The second-order valence-electron chi connectivity index (χ2n) is 8.23. The fourth-order valence-corrected chi connectivity index (χ4v) is 3.40. The summed E-state index contributed by atoms with van der Waals surface area (Å²) in [6.45, 7) is 16.4. The molecule has 0 heteroatoms. The van der Waals surface area contributed by atoms with Gasteiger partial charge in [0.2, 0.25) is 0 Å². The molecule has 0 nitrogen and oxygen atoms in total. The lowest BCUT2D eigenvalue weighted by molar-refractivity contribution is 0.229. The van der Waals surface area contributed by atoms with E-state index in [9.17, 15) is 0 Å². The highest BCUT2D eigenvalue weighted by Crippen LogP contribution is 2.47. The minimum absolute atomic E-state index is 0.264. The van der Waals surface area contributed by atoms with E-state index >= 15 is 0 Å². The van der Waals surface area contributed by atoms with Crippen molar-refractivity contribution < 1.29 is 0 Å². The lowest BCUT2D eigenvalue weighted by Gasteiger charge is -2.43. The predicted octanol–water partition coefficient (Wildman–Crippen LogP) is 6.76. The van der Waals surface area contributed by atoms with Gasteiger partial charge in [0.15, 0.2) is 0 Å². The zero-order chi connectivity index (χ0) is 16.1. The van der Waals surface area contributed by atoms with Gasteiger partial charge in [-0.1, -0.05) is 90.6 Å². The molecule has 0 saturated heterocycles. The highest BCUT2D eigenvalue weighted by atomic mass is 14.4. The van der Waals surface area contributed by atoms with Gasteiger partial charge in [-0.25, -0.2) is 0 Å². The fourth-order valence-electron chi connectivity index (χ4n) is 3.40. The maximum Gasteiger partial charge on any atom is -0.00876 e. The van der Waals surface area contributed by atoms with E-state index in [1.54, 1.807) is 5.92 Å². The van der Waals surface area contributed by atoms with Crippen molar-refractivity contribution in [3.63, 3.8) is 0 Å². The number of aryl methyl sites for hydroxylation is 1. The molecule has 0 fully saturated rings. The van der Waals surface area contributed by atoms with Crippen molar-refractivity contribution >= 4 is 0 Å². The minimum atomic E-state index is 0.264. The third-order valence-electron chi connectivity index (χ3n) is 4.63. The smallest absolute Gasteiger partial charge is 0.00876 e. The molecule has 0 aliphatic rings. The maximum atomic E-state index is 2.44. The molecular weight excluding hydrogens is 252 g/mol. The molecule has 0 heterocycles. The molecule has 1 rings (SSSR count). The summed E-state index contributed by atoms with van der Waals surface area (Å²) in [5.41, 5.74) is 3.38. The maximum absolute atomic E-state index is 2.44. The Kier molecular flexibility index (Phi) is 6.50. The highest BCUT2D eigenvalue weighted by molar-refractivity contribution is 5.27. The van der Waals surface area contributed by atoms with Gasteiger partial charge in [-0.05, 0) is 42.1 Å². The quantitative estimate of drug-likeness (QED) is 0.486. The Bertz CT molecular complexity index is 403. The molecule has 0 N–H and O–H groups in total. The van der Waals surface area contributed by atoms with Crippen LogP contribution >= 0.6 is 0 Å². The van der Waals surface area contributed by atoms with Gasteiger partial charge in [0.05, 0.1) is 0 Å². The van der Waals surface area contributed by atoms with Gasteiger partial charge in [0, 0.05) is 0 Å². The third kappa shape index (κ3) is 5.85. The Morgan fingerprint density at radius 1 is 0.905 bits per heavy atom. The van der Waals surface area contributed by atoms with E-state index in [0.29, 0.717) is 5.41 Å². The molecule has 0 amide bonds. The van der Waals surface area contributed by atoms with Crippen molar-refractivity contribution in [2.45, 2.75) is 80.6 Å². The molecule has 21 heavy (non-hydrogen) atoms. The molecule has 0 aliphatic carbocycles. The van der Waals surface area contributed by atoms with Gasteiger partial charge in [-0.2, -0.15) is 0 Å². The van der Waals surface area contributed by atoms with Crippen LogP contribution in [0.3, 0.4) is 0 Å². The summed E-state index contributed by atoms with van der Waals surface area (Å²) in [6, 6.07) is 9.06. The molecule has 1 aromatic carbocycles. The van der Waals surface area contributed by atoms with Crippen LogP contribution in [0.2, 0.25) is 0 Å². The molecule has 0 spiro atoms. The predicted molar refractivity (Wildman–Crippen MR) is 95.5 cm³/mol. The normalized spacial score (nSPS) is 13.0. The second kappa shape index (κ2) is 7.47. The fraction of sp³-hybridized carbons (Fsp3) is 0.667. The van der Waals surface area contributed by atoms with Gasteiger partial charge >= 0.3 is 0 Å². The summed E-state index contributed by atoms with van der Waals surface area (Å²) >= 11 is 0. The van der Waals surface area contributed by atoms with Crippen LogP contribution in [-0.2, 0) is 6.42 Å². The van der Waals surface area contributed by atoms with Crippen LogP contribution in [0.4, 0.5) is 0 Å². The number of benzene rings is 1. The van der Waals surface area contributed by atoms with E-state index in [4.69, 9.17) is 0 Å². The molecule has 0 aliphatic heterocycles. The van der Waals surface area contributed by atoms with Crippen LogP contribution in [0.15, 0.2) is 24.3 Å². The van der Waals surface area contributed by atoms with Crippen molar-refractivity contribution in [1.82, 2.24) is 0 Å². The molecule has 119 valence electrons. The van der Waals surface area contributed by atoms with E-state index in [1.165, 1.54) is 36.8 Å². The minimum Gasteiger partial charge on any atom is -0.0654 e. The Labute approximate surface area is 133 Å². The highest BCUT2D eigenvalue weighted by Gasteiger charge is 2.37. The zero-order valence-electron chi connectivity index (χ0n) is 15.3. The molecule has 0 unspecified atom stereocenters. The first kappa shape index (κ1) is 18.3. The summed E-state index contributed by atoms with van der Waals surface area (Å²) in [7, 11) is 0. The average molecular weight is 288 g/mol.